The first-order valence-corrected chi connectivity index (χ1v) is 6.35. The lowest BCUT2D eigenvalue weighted by Gasteiger charge is -2.23. The number of halogens is 4. The van der Waals surface area contributed by atoms with Crippen LogP contribution in [-0.2, 0) is 10.2 Å². The van der Waals surface area contributed by atoms with Crippen LogP contribution in [0.15, 0.2) is 15.9 Å². The molecule has 7 heteroatoms. The number of nitrogens with one attached hydrogen (secondary N) is 1. The van der Waals surface area contributed by atoms with Gasteiger partial charge in [-0.2, -0.15) is 13.2 Å². The number of thiophene rings is 1. The molecule has 0 unspecified atom stereocenters. The van der Waals surface area contributed by atoms with Crippen molar-refractivity contribution in [1.82, 2.24) is 5.32 Å². The fourth-order valence-corrected chi connectivity index (χ4v) is 2.65. The quantitative estimate of drug-likeness (QED) is 0.903. The van der Waals surface area contributed by atoms with E-state index < -0.39 is 17.5 Å². The molecule has 0 aliphatic rings. The summed E-state index contributed by atoms with van der Waals surface area (Å²) in [5.41, 5.74) is -0.530. The minimum atomic E-state index is -4.83. The second-order valence-corrected chi connectivity index (χ2v) is 6.63. The predicted molar refractivity (Wildman–Crippen MR) is 64.1 cm³/mol. The van der Waals surface area contributed by atoms with Gasteiger partial charge in [0.25, 0.3) is 0 Å². The molecule has 0 fully saturated rings. The first-order chi connectivity index (χ1) is 7.63. The summed E-state index contributed by atoms with van der Waals surface area (Å²) in [4.78, 5) is 11.6. The van der Waals surface area contributed by atoms with E-state index in [4.69, 9.17) is 0 Å². The zero-order valence-corrected chi connectivity index (χ0v) is 11.6. The van der Waals surface area contributed by atoms with Crippen LogP contribution in [0.2, 0.25) is 0 Å². The number of amides is 1. The molecule has 1 aromatic rings. The molecular formula is C10H11BrF3NOS. The molecule has 1 rings (SSSR count). The van der Waals surface area contributed by atoms with Gasteiger partial charge in [0.05, 0.1) is 3.79 Å². The molecule has 0 saturated carbocycles. The van der Waals surface area contributed by atoms with Gasteiger partial charge in [-0.3, -0.25) is 4.79 Å². The van der Waals surface area contributed by atoms with E-state index in [-0.39, 0.29) is 6.54 Å². The molecule has 17 heavy (non-hydrogen) atoms. The third-order valence-corrected chi connectivity index (χ3v) is 4.18. The lowest BCUT2D eigenvalue weighted by atomic mass is 9.91. The fraction of sp³-hybridized carbons (Fsp3) is 0.500. The van der Waals surface area contributed by atoms with E-state index in [0.717, 1.165) is 8.66 Å². The summed E-state index contributed by atoms with van der Waals surface area (Å²) in [6.07, 6.45) is -4.83. The summed E-state index contributed by atoms with van der Waals surface area (Å²) in [7, 11) is 0. The molecule has 1 aromatic heterocycles. The van der Waals surface area contributed by atoms with Gasteiger partial charge in [-0.1, -0.05) is 13.8 Å². The molecule has 0 radical (unpaired) electrons. The maximum absolute atomic E-state index is 12.0. The van der Waals surface area contributed by atoms with Crippen molar-refractivity contribution in [3.8, 4) is 0 Å². The van der Waals surface area contributed by atoms with Gasteiger partial charge in [-0.15, -0.1) is 11.3 Å². The second-order valence-electron chi connectivity index (χ2n) is 4.17. The molecule has 2 nitrogen and oxygen atoms in total. The Balaban J connectivity index is 2.65. The van der Waals surface area contributed by atoms with Crippen LogP contribution in [0, 0.1) is 0 Å². The number of hydrogen-bond donors (Lipinski definition) is 1. The zero-order valence-electron chi connectivity index (χ0n) is 9.19. The number of rotatable bonds is 3. The van der Waals surface area contributed by atoms with Crippen LogP contribution in [-0.4, -0.2) is 18.6 Å². The molecule has 0 spiro atoms. The Bertz CT molecular complexity index is 414. The Morgan fingerprint density at radius 2 is 2.00 bits per heavy atom. The summed E-state index contributed by atoms with van der Waals surface area (Å²) >= 11 is 4.73. The highest BCUT2D eigenvalue weighted by molar-refractivity contribution is 9.11. The third-order valence-electron chi connectivity index (χ3n) is 2.19. The van der Waals surface area contributed by atoms with Gasteiger partial charge in [0.2, 0.25) is 0 Å². The minimum Gasteiger partial charge on any atom is -0.347 e. The van der Waals surface area contributed by atoms with Crippen molar-refractivity contribution in [3.63, 3.8) is 0 Å². The Labute approximate surface area is 109 Å². The van der Waals surface area contributed by atoms with Crippen LogP contribution in [0.4, 0.5) is 13.2 Å². The van der Waals surface area contributed by atoms with Gasteiger partial charge in [0, 0.05) is 16.8 Å². The summed E-state index contributed by atoms with van der Waals surface area (Å²) in [6, 6.07) is 3.65. The summed E-state index contributed by atoms with van der Waals surface area (Å²) < 4.78 is 36.9. The number of alkyl halides is 3. The maximum Gasteiger partial charge on any atom is 0.471 e. The van der Waals surface area contributed by atoms with Crippen molar-refractivity contribution < 1.29 is 18.0 Å². The number of hydrogen-bond acceptors (Lipinski definition) is 2. The zero-order chi connectivity index (χ0) is 13.3. The molecule has 96 valence electrons. The van der Waals surface area contributed by atoms with E-state index in [2.05, 4.69) is 15.9 Å². The third kappa shape index (κ3) is 3.99. The topological polar surface area (TPSA) is 29.1 Å². The van der Waals surface area contributed by atoms with Crippen LogP contribution in [0.25, 0.3) is 0 Å². The SMILES string of the molecule is CC(C)(CNC(=O)C(F)(F)F)c1ccc(Br)s1. The lowest BCUT2D eigenvalue weighted by Crippen LogP contribution is -2.42. The molecule has 1 amide bonds. The fourth-order valence-electron chi connectivity index (χ4n) is 1.17. The van der Waals surface area contributed by atoms with Gasteiger partial charge in [-0.05, 0) is 28.1 Å². The Morgan fingerprint density at radius 3 is 2.41 bits per heavy atom. The molecule has 0 bridgehead atoms. The highest BCUT2D eigenvalue weighted by Crippen LogP contribution is 2.32. The monoisotopic (exact) mass is 329 g/mol. The van der Waals surface area contributed by atoms with Crippen LogP contribution in [0.5, 0.6) is 0 Å². The highest BCUT2D eigenvalue weighted by Gasteiger charge is 2.39. The van der Waals surface area contributed by atoms with Gasteiger partial charge >= 0.3 is 12.1 Å². The van der Waals surface area contributed by atoms with Crippen LogP contribution < -0.4 is 5.32 Å². The van der Waals surface area contributed by atoms with Gasteiger partial charge < -0.3 is 5.32 Å². The van der Waals surface area contributed by atoms with Crippen molar-refractivity contribution in [2.24, 2.45) is 0 Å². The molecule has 0 aliphatic carbocycles. The van der Waals surface area contributed by atoms with Crippen LogP contribution >= 0.6 is 27.3 Å². The smallest absolute Gasteiger partial charge is 0.347 e. The molecule has 0 saturated heterocycles. The molecule has 0 atom stereocenters. The Hall–Kier alpha value is -0.560. The van der Waals surface area contributed by atoms with E-state index in [9.17, 15) is 18.0 Å². The number of carbonyl (C=O) groups excluding carboxylic acids is 1. The van der Waals surface area contributed by atoms with E-state index in [1.165, 1.54) is 11.3 Å². The summed E-state index contributed by atoms with van der Waals surface area (Å²) in [5, 5.41) is 1.90. The van der Waals surface area contributed by atoms with E-state index >= 15 is 0 Å². The highest BCUT2D eigenvalue weighted by atomic mass is 79.9. The second kappa shape index (κ2) is 4.97. The van der Waals surface area contributed by atoms with E-state index in [1.807, 2.05) is 17.4 Å². The van der Waals surface area contributed by atoms with Crippen molar-refractivity contribution in [1.29, 1.82) is 0 Å². The van der Waals surface area contributed by atoms with Crippen molar-refractivity contribution in [3.05, 3.63) is 20.8 Å². The first kappa shape index (κ1) is 14.5. The van der Waals surface area contributed by atoms with Crippen molar-refractivity contribution in [2.45, 2.75) is 25.4 Å². The molecule has 0 aromatic carbocycles. The normalized spacial score (nSPS) is 12.6. The maximum atomic E-state index is 12.0. The number of carbonyl (C=O) groups is 1. The average molecular weight is 330 g/mol. The Kier molecular flexibility index (Phi) is 4.24. The summed E-state index contributed by atoms with van der Waals surface area (Å²) in [6.45, 7) is 3.50. The molecule has 1 N–H and O–H groups in total. The van der Waals surface area contributed by atoms with E-state index in [0.29, 0.717) is 0 Å². The standard InChI is InChI=1S/C10H11BrF3NOS/c1-9(2,6-3-4-7(11)17-6)5-15-8(16)10(12,13)14/h3-4H,5H2,1-2H3,(H,15,16). The van der Waals surface area contributed by atoms with Gasteiger partial charge in [-0.25, -0.2) is 0 Å². The average Bonchev–Trinajstić information content (AvgIpc) is 2.60. The largest absolute Gasteiger partial charge is 0.471 e. The molecule has 0 aliphatic heterocycles. The predicted octanol–water partition coefficient (Wildman–Crippen LogP) is 3.47. The van der Waals surface area contributed by atoms with Gasteiger partial charge in [0.1, 0.15) is 0 Å². The summed E-state index contributed by atoms with van der Waals surface area (Å²) in [5.74, 6) is -1.90. The molecular weight excluding hydrogens is 319 g/mol. The van der Waals surface area contributed by atoms with Crippen LogP contribution in [0.3, 0.4) is 0 Å². The lowest BCUT2D eigenvalue weighted by molar-refractivity contribution is -0.173. The Morgan fingerprint density at radius 1 is 1.41 bits per heavy atom. The van der Waals surface area contributed by atoms with E-state index in [1.54, 1.807) is 13.8 Å². The van der Waals surface area contributed by atoms with Crippen LogP contribution in [0.1, 0.15) is 18.7 Å². The van der Waals surface area contributed by atoms with Crippen molar-refractivity contribution >= 4 is 33.2 Å². The first-order valence-electron chi connectivity index (χ1n) is 4.74. The van der Waals surface area contributed by atoms with Gasteiger partial charge in [0.15, 0.2) is 0 Å². The minimum absolute atomic E-state index is 0.0572. The van der Waals surface area contributed by atoms with Crippen molar-refractivity contribution in [2.75, 3.05) is 6.54 Å². The molecule has 1 heterocycles.